The molecule has 2 heterocycles. The molecule has 0 saturated carbocycles. The van der Waals surface area contributed by atoms with Crippen LogP contribution in [0, 0.1) is 5.82 Å². The number of hydrogen-bond acceptors (Lipinski definition) is 5. The smallest absolute Gasteiger partial charge is 0.277 e. The maximum atomic E-state index is 13.0. The van der Waals surface area contributed by atoms with Crippen LogP contribution in [0.5, 0.6) is 5.75 Å². The SMILES string of the molecule is COc1ccc(-c2nn3ccn(CC(=O)Nc4ccc(F)cc4)c(=O)c3c2CO)cc1. The molecule has 0 aliphatic heterocycles. The van der Waals surface area contributed by atoms with Crippen LogP contribution in [0.1, 0.15) is 5.56 Å². The van der Waals surface area contributed by atoms with Crippen LogP contribution in [0.25, 0.3) is 16.8 Å². The number of carbonyl (C=O) groups excluding carboxylic acids is 1. The molecule has 0 aliphatic rings. The molecule has 4 aromatic rings. The van der Waals surface area contributed by atoms with E-state index in [-0.39, 0.29) is 12.1 Å². The Bertz CT molecular complexity index is 1290. The predicted octanol–water partition coefficient (Wildman–Crippen LogP) is 2.44. The van der Waals surface area contributed by atoms with E-state index in [1.54, 1.807) is 37.6 Å². The molecule has 0 radical (unpaired) electrons. The fourth-order valence-corrected chi connectivity index (χ4v) is 3.29. The molecule has 1 amide bonds. The summed E-state index contributed by atoms with van der Waals surface area (Å²) in [5.41, 5.74) is 1.69. The van der Waals surface area contributed by atoms with Gasteiger partial charge in [-0.15, -0.1) is 0 Å². The van der Waals surface area contributed by atoms with Crippen molar-refractivity contribution in [3.63, 3.8) is 0 Å². The molecule has 0 spiro atoms. The zero-order chi connectivity index (χ0) is 22.0. The minimum absolute atomic E-state index is 0.186. The van der Waals surface area contributed by atoms with Crippen molar-refractivity contribution in [3.8, 4) is 17.0 Å². The summed E-state index contributed by atoms with van der Waals surface area (Å²) >= 11 is 0. The Morgan fingerprint density at radius 1 is 1.13 bits per heavy atom. The van der Waals surface area contributed by atoms with E-state index in [0.717, 1.165) is 0 Å². The van der Waals surface area contributed by atoms with E-state index >= 15 is 0 Å². The molecular weight excluding hydrogens is 403 g/mol. The zero-order valence-electron chi connectivity index (χ0n) is 16.6. The van der Waals surface area contributed by atoms with Crippen molar-refractivity contribution in [2.75, 3.05) is 12.4 Å². The maximum absolute atomic E-state index is 13.0. The quantitative estimate of drug-likeness (QED) is 0.497. The van der Waals surface area contributed by atoms with Crippen molar-refractivity contribution in [3.05, 3.63) is 82.7 Å². The highest BCUT2D eigenvalue weighted by atomic mass is 19.1. The number of nitrogens with zero attached hydrogens (tertiary/aromatic N) is 3. The number of aliphatic hydroxyl groups is 1. The van der Waals surface area contributed by atoms with Gasteiger partial charge in [-0.05, 0) is 48.5 Å². The van der Waals surface area contributed by atoms with Gasteiger partial charge in [0.05, 0.1) is 19.4 Å². The summed E-state index contributed by atoms with van der Waals surface area (Å²) in [6.07, 6.45) is 3.00. The summed E-state index contributed by atoms with van der Waals surface area (Å²) in [5, 5.41) is 17.0. The van der Waals surface area contributed by atoms with Gasteiger partial charge in [0.1, 0.15) is 23.6 Å². The van der Waals surface area contributed by atoms with Crippen LogP contribution in [0.3, 0.4) is 0 Å². The average molecular weight is 422 g/mol. The van der Waals surface area contributed by atoms with Gasteiger partial charge >= 0.3 is 0 Å². The molecule has 2 N–H and O–H groups in total. The number of benzene rings is 2. The van der Waals surface area contributed by atoms with Gasteiger partial charge in [-0.1, -0.05) is 0 Å². The Morgan fingerprint density at radius 2 is 1.84 bits per heavy atom. The van der Waals surface area contributed by atoms with E-state index < -0.39 is 23.9 Å². The molecule has 158 valence electrons. The number of halogens is 1. The van der Waals surface area contributed by atoms with Gasteiger partial charge < -0.3 is 19.7 Å². The number of hydrogen-bond donors (Lipinski definition) is 2. The number of rotatable bonds is 6. The van der Waals surface area contributed by atoms with Crippen LogP contribution in [-0.2, 0) is 17.9 Å². The van der Waals surface area contributed by atoms with Crippen LogP contribution in [0.2, 0.25) is 0 Å². The number of methoxy groups -OCH3 is 1. The number of aliphatic hydroxyl groups excluding tert-OH is 1. The summed E-state index contributed by atoms with van der Waals surface area (Å²) < 4.78 is 20.8. The number of nitrogens with one attached hydrogen (secondary N) is 1. The van der Waals surface area contributed by atoms with Crippen molar-refractivity contribution < 1.29 is 19.0 Å². The van der Waals surface area contributed by atoms with E-state index in [9.17, 15) is 19.1 Å². The molecule has 0 atom stereocenters. The van der Waals surface area contributed by atoms with E-state index in [2.05, 4.69) is 10.4 Å². The third-order valence-corrected chi connectivity index (χ3v) is 4.82. The zero-order valence-corrected chi connectivity index (χ0v) is 16.6. The van der Waals surface area contributed by atoms with Crippen LogP contribution >= 0.6 is 0 Å². The number of fused-ring (bicyclic) bond motifs is 1. The van der Waals surface area contributed by atoms with Gasteiger partial charge in [-0.2, -0.15) is 5.10 Å². The third kappa shape index (κ3) is 4.03. The molecule has 8 nitrogen and oxygen atoms in total. The molecular formula is C22H19FN4O4. The second-order valence-electron chi connectivity index (χ2n) is 6.79. The van der Waals surface area contributed by atoms with Gasteiger partial charge in [0, 0.05) is 29.2 Å². The molecule has 0 aliphatic carbocycles. The van der Waals surface area contributed by atoms with E-state index in [1.807, 2.05) is 0 Å². The highest BCUT2D eigenvalue weighted by Crippen LogP contribution is 2.26. The molecule has 4 rings (SSSR count). The normalized spacial score (nSPS) is 10.9. The molecule has 9 heteroatoms. The van der Waals surface area contributed by atoms with Crippen molar-refractivity contribution in [1.82, 2.24) is 14.2 Å². The first-order valence-electron chi connectivity index (χ1n) is 9.41. The lowest BCUT2D eigenvalue weighted by Crippen LogP contribution is -2.28. The van der Waals surface area contributed by atoms with Crippen molar-refractivity contribution in [1.29, 1.82) is 0 Å². The van der Waals surface area contributed by atoms with Gasteiger partial charge in [-0.25, -0.2) is 8.91 Å². The Kier molecular flexibility index (Phi) is 5.50. The highest BCUT2D eigenvalue weighted by molar-refractivity contribution is 5.90. The number of carbonyl (C=O) groups is 1. The second kappa shape index (κ2) is 8.41. The highest BCUT2D eigenvalue weighted by Gasteiger charge is 2.18. The molecule has 2 aromatic heterocycles. The van der Waals surface area contributed by atoms with E-state index in [0.29, 0.717) is 28.3 Å². The van der Waals surface area contributed by atoms with Gasteiger partial charge in [0.25, 0.3) is 5.56 Å². The molecule has 0 saturated heterocycles. The Labute approximate surface area is 176 Å². The maximum Gasteiger partial charge on any atom is 0.277 e. The van der Waals surface area contributed by atoms with Crippen LogP contribution in [-0.4, -0.2) is 32.3 Å². The first-order valence-corrected chi connectivity index (χ1v) is 9.41. The number of ether oxygens (including phenoxy) is 1. The van der Waals surface area contributed by atoms with Gasteiger partial charge in [-0.3, -0.25) is 9.59 Å². The monoisotopic (exact) mass is 422 g/mol. The van der Waals surface area contributed by atoms with Gasteiger partial charge in [0.15, 0.2) is 0 Å². The number of amides is 1. The standard InChI is InChI=1S/C22H19FN4O4/c1-31-17-8-2-14(3-9-17)20-18(13-28)21-22(30)26(10-11-27(21)25-20)12-19(29)24-16-6-4-15(23)5-7-16/h2-11,28H,12-13H2,1H3,(H,24,29). The Morgan fingerprint density at radius 3 is 2.48 bits per heavy atom. The van der Waals surface area contributed by atoms with Crippen molar-refractivity contribution >= 4 is 17.1 Å². The first-order chi connectivity index (χ1) is 15.0. The van der Waals surface area contributed by atoms with E-state index in [1.165, 1.54) is 39.5 Å². The summed E-state index contributed by atoms with van der Waals surface area (Å²) in [5.74, 6) is -0.185. The first kappa shape index (κ1) is 20.3. The fourth-order valence-electron chi connectivity index (χ4n) is 3.29. The second-order valence-corrected chi connectivity index (χ2v) is 6.79. The van der Waals surface area contributed by atoms with Crippen LogP contribution < -0.4 is 15.6 Å². The molecule has 0 unspecified atom stereocenters. The fraction of sp³-hybridized carbons (Fsp3) is 0.136. The molecule has 2 aromatic carbocycles. The lowest BCUT2D eigenvalue weighted by atomic mass is 10.1. The third-order valence-electron chi connectivity index (χ3n) is 4.82. The molecule has 0 fully saturated rings. The summed E-state index contributed by atoms with van der Waals surface area (Å²) in [4.78, 5) is 25.4. The van der Waals surface area contributed by atoms with E-state index in [4.69, 9.17) is 4.74 Å². The summed E-state index contributed by atoms with van der Waals surface area (Å²) in [7, 11) is 1.56. The van der Waals surface area contributed by atoms with Gasteiger partial charge in [0.2, 0.25) is 5.91 Å². The lowest BCUT2D eigenvalue weighted by Gasteiger charge is -2.08. The topological polar surface area (TPSA) is 97.9 Å². The number of aromatic nitrogens is 3. The molecule has 31 heavy (non-hydrogen) atoms. The predicted molar refractivity (Wildman–Crippen MR) is 112 cm³/mol. The minimum atomic E-state index is -0.465. The summed E-state index contributed by atoms with van der Waals surface area (Å²) in [6.45, 7) is -0.646. The van der Waals surface area contributed by atoms with Crippen molar-refractivity contribution in [2.24, 2.45) is 0 Å². The van der Waals surface area contributed by atoms with Crippen LogP contribution in [0.15, 0.2) is 65.7 Å². The lowest BCUT2D eigenvalue weighted by molar-refractivity contribution is -0.116. The average Bonchev–Trinajstić information content (AvgIpc) is 3.17. The molecule has 0 bridgehead atoms. The Hall–Kier alpha value is -3.98. The summed E-state index contributed by atoms with van der Waals surface area (Å²) in [6, 6.07) is 12.4. The largest absolute Gasteiger partial charge is 0.497 e. The number of anilines is 1. The van der Waals surface area contributed by atoms with Crippen molar-refractivity contribution in [2.45, 2.75) is 13.2 Å². The van der Waals surface area contributed by atoms with Crippen LogP contribution in [0.4, 0.5) is 10.1 Å². The Balaban J connectivity index is 1.67. The minimum Gasteiger partial charge on any atom is -0.497 e.